The van der Waals surface area contributed by atoms with E-state index in [9.17, 15) is 0 Å². The van der Waals surface area contributed by atoms with Gasteiger partial charge in [0.05, 0.1) is 11.9 Å². The van der Waals surface area contributed by atoms with E-state index >= 15 is 0 Å². The first-order valence-corrected chi connectivity index (χ1v) is 3.15. The topological polar surface area (TPSA) is 64.7 Å². The molecule has 0 saturated carbocycles. The molecule has 4 nitrogen and oxygen atoms in total. The van der Waals surface area contributed by atoms with E-state index in [1.807, 2.05) is 13.8 Å². The number of aromatic nitrogens is 3. The Kier molecular flexibility index (Phi) is 1.80. The lowest BCUT2D eigenvalue weighted by molar-refractivity contribution is 0.771. The van der Waals surface area contributed by atoms with Gasteiger partial charge >= 0.3 is 0 Å². The molecule has 0 fully saturated rings. The van der Waals surface area contributed by atoms with E-state index in [1.165, 1.54) is 0 Å². The van der Waals surface area contributed by atoms with Gasteiger partial charge in [-0.2, -0.15) is 5.10 Å². The van der Waals surface area contributed by atoms with Gasteiger partial charge in [0.1, 0.15) is 0 Å². The summed E-state index contributed by atoms with van der Waals surface area (Å²) in [5.74, 6) is 0.588. The van der Waals surface area contributed by atoms with Gasteiger partial charge in [0, 0.05) is 0 Å². The number of hydrogen-bond donors (Lipinski definition) is 1. The fourth-order valence-corrected chi connectivity index (χ4v) is 0.557. The second-order valence-electron chi connectivity index (χ2n) is 2.40. The maximum atomic E-state index is 5.24. The average Bonchev–Trinajstić information content (AvgIpc) is 1.88. The van der Waals surface area contributed by atoms with E-state index in [0.29, 0.717) is 5.92 Å². The molecule has 2 N–H and O–H groups in total. The van der Waals surface area contributed by atoms with E-state index in [2.05, 4.69) is 15.2 Å². The molecule has 0 saturated heterocycles. The minimum Gasteiger partial charge on any atom is -0.366 e. The molecule has 0 unspecified atom stereocenters. The third kappa shape index (κ3) is 1.40. The van der Waals surface area contributed by atoms with Gasteiger partial charge < -0.3 is 5.73 Å². The molecule has 1 heterocycles. The van der Waals surface area contributed by atoms with Crippen molar-refractivity contribution in [2.45, 2.75) is 19.8 Å². The van der Waals surface area contributed by atoms with Gasteiger partial charge in [0.2, 0.25) is 5.95 Å². The second kappa shape index (κ2) is 2.60. The Labute approximate surface area is 59.5 Å². The first-order chi connectivity index (χ1) is 4.70. The highest BCUT2D eigenvalue weighted by Gasteiger charge is 1.99. The van der Waals surface area contributed by atoms with Crippen LogP contribution in [0.3, 0.4) is 0 Å². The normalized spacial score (nSPS) is 10.3. The van der Waals surface area contributed by atoms with Gasteiger partial charge in [0.25, 0.3) is 0 Å². The molecular weight excluding hydrogens is 128 g/mol. The second-order valence-corrected chi connectivity index (χ2v) is 2.40. The predicted molar refractivity (Wildman–Crippen MR) is 38.3 cm³/mol. The molecule has 10 heavy (non-hydrogen) atoms. The minimum absolute atomic E-state index is 0.226. The largest absolute Gasteiger partial charge is 0.366 e. The van der Waals surface area contributed by atoms with Gasteiger partial charge in [0.15, 0.2) is 0 Å². The zero-order valence-electron chi connectivity index (χ0n) is 6.07. The molecule has 4 heteroatoms. The van der Waals surface area contributed by atoms with E-state index in [0.717, 1.165) is 5.69 Å². The predicted octanol–water partition coefficient (Wildman–Crippen LogP) is 0.577. The Morgan fingerprint density at radius 3 is 2.50 bits per heavy atom. The monoisotopic (exact) mass is 138 g/mol. The van der Waals surface area contributed by atoms with Crippen LogP contribution in [0.25, 0.3) is 0 Å². The number of nitrogens with two attached hydrogens (primary N) is 1. The molecule has 1 rings (SSSR count). The van der Waals surface area contributed by atoms with Gasteiger partial charge in [-0.05, 0) is 5.92 Å². The Bertz CT molecular complexity index is 203. The summed E-state index contributed by atoms with van der Waals surface area (Å²) in [5, 5.41) is 7.46. The molecule has 1 aromatic rings. The van der Waals surface area contributed by atoms with Crippen molar-refractivity contribution in [1.29, 1.82) is 0 Å². The van der Waals surface area contributed by atoms with E-state index in [-0.39, 0.29) is 5.95 Å². The summed E-state index contributed by atoms with van der Waals surface area (Å²) in [6, 6.07) is 0. The van der Waals surface area contributed by atoms with Crippen LogP contribution in [0.1, 0.15) is 25.5 Å². The summed E-state index contributed by atoms with van der Waals surface area (Å²) in [6.45, 7) is 4.06. The Morgan fingerprint density at radius 2 is 2.10 bits per heavy atom. The van der Waals surface area contributed by atoms with Crippen LogP contribution in [0.5, 0.6) is 0 Å². The SMILES string of the molecule is CC(C)c1cnc(N)nn1. The standard InChI is InChI=1S/C6H10N4/c1-4(2)5-3-8-6(7)10-9-5/h3-4H,1-2H3,(H2,7,8,10). The van der Waals surface area contributed by atoms with Crippen LogP contribution in [-0.2, 0) is 0 Å². The fourth-order valence-electron chi connectivity index (χ4n) is 0.557. The highest BCUT2D eigenvalue weighted by atomic mass is 15.2. The van der Waals surface area contributed by atoms with Crippen LogP contribution in [-0.4, -0.2) is 15.2 Å². The van der Waals surface area contributed by atoms with Crippen molar-refractivity contribution >= 4 is 5.95 Å². The summed E-state index contributed by atoms with van der Waals surface area (Å²) in [4.78, 5) is 3.80. The third-order valence-electron chi connectivity index (χ3n) is 1.19. The van der Waals surface area contributed by atoms with Crippen molar-refractivity contribution in [2.24, 2.45) is 0 Å². The quantitative estimate of drug-likeness (QED) is 0.616. The molecule has 0 amide bonds. The molecule has 54 valence electrons. The van der Waals surface area contributed by atoms with Crippen LogP contribution >= 0.6 is 0 Å². The number of nitrogen functional groups attached to an aromatic ring is 1. The summed E-state index contributed by atoms with van der Waals surface area (Å²) in [6.07, 6.45) is 1.65. The lowest BCUT2D eigenvalue weighted by atomic mass is 10.2. The van der Waals surface area contributed by atoms with Crippen molar-refractivity contribution in [3.8, 4) is 0 Å². The minimum atomic E-state index is 0.226. The van der Waals surface area contributed by atoms with Gasteiger partial charge in [-0.15, -0.1) is 5.10 Å². The summed E-state index contributed by atoms with van der Waals surface area (Å²) < 4.78 is 0. The third-order valence-corrected chi connectivity index (χ3v) is 1.19. The summed E-state index contributed by atoms with van der Waals surface area (Å²) in [7, 11) is 0. The van der Waals surface area contributed by atoms with E-state index in [4.69, 9.17) is 5.73 Å². The smallest absolute Gasteiger partial charge is 0.240 e. The molecule has 0 aromatic carbocycles. The lowest BCUT2D eigenvalue weighted by Gasteiger charge is -1.99. The van der Waals surface area contributed by atoms with Crippen LogP contribution in [0.2, 0.25) is 0 Å². The molecular formula is C6H10N4. The average molecular weight is 138 g/mol. The Morgan fingerprint density at radius 1 is 1.40 bits per heavy atom. The highest BCUT2D eigenvalue weighted by Crippen LogP contribution is 2.07. The van der Waals surface area contributed by atoms with E-state index < -0.39 is 0 Å². The molecule has 0 bridgehead atoms. The molecule has 0 aliphatic heterocycles. The highest BCUT2D eigenvalue weighted by molar-refractivity contribution is 5.12. The van der Waals surface area contributed by atoms with Crippen LogP contribution in [0.15, 0.2) is 6.20 Å². The first-order valence-electron chi connectivity index (χ1n) is 3.15. The molecule has 0 radical (unpaired) electrons. The summed E-state index contributed by atoms with van der Waals surface area (Å²) >= 11 is 0. The summed E-state index contributed by atoms with van der Waals surface area (Å²) in [5.41, 5.74) is 6.11. The van der Waals surface area contributed by atoms with Crippen molar-refractivity contribution < 1.29 is 0 Å². The van der Waals surface area contributed by atoms with Crippen LogP contribution < -0.4 is 5.73 Å². The molecule has 1 aromatic heterocycles. The number of hydrogen-bond acceptors (Lipinski definition) is 4. The maximum Gasteiger partial charge on any atom is 0.240 e. The van der Waals surface area contributed by atoms with Gasteiger partial charge in [-0.1, -0.05) is 13.8 Å². The Hall–Kier alpha value is -1.19. The zero-order chi connectivity index (χ0) is 7.56. The van der Waals surface area contributed by atoms with Gasteiger partial charge in [-0.25, -0.2) is 4.98 Å². The lowest BCUT2D eigenvalue weighted by Crippen LogP contribution is -2.01. The number of rotatable bonds is 1. The van der Waals surface area contributed by atoms with Crippen LogP contribution in [0, 0.1) is 0 Å². The first kappa shape index (κ1) is 6.92. The van der Waals surface area contributed by atoms with Crippen molar-refractivity contribution in [3.63, 3.8) is 0 Å². The van der Waals surface area contributed by atoms with Crippen molar-refractivity contribution in [2.75, 3.05) is 5.73 Å². The zero-order valence-corrected chi connectivity index (χ0v) is 6.07. The molecule has 0 spiro atoms. The van der Waals surface area contributed by atoms with Crippen molar-refractivity contribution in [1.82, 2.24) is 15.2 Å². The molecule has 0 aliphatic carbocycles. The Balaban J connectivity index is 2.89. The maximum absolute atomic E-state index is 5.24. The fraction of sp³-hybridized carbons (Fsp3) is 0.500. The number of anilines is 1. The van der Waals surface area contributed by atoms with Crippen molar-refractivity contribution in [3.05, 3.63) is 11.9 Å². The van der Waals surface area contributed by atoms with Gasteiger partial charge in [-0.3, -0.25) is 0 Å². The molecule has 0 atom stereocenters. The molecule has 0 aliphatic rings. The van der Waals surface area contributed by atoms with Crippen LogP contribution in [0.4, 0.5) is 5.95 Å². The number of nitrogens with zero attached hydrogens (tertiary/aromatic N) is 3. The van der Waals surface area contributed by atoms with E-state index in [1.54, 1.807) is 6.20 Å².